The van der Waals surface area contributed by atoms with Crippen LogP contribution in [0.5, 0.6) is 5.75 Å². The van der Waals surface area contributed by atoms with Crippen LogP contribution in [0.15, 0.2) is 47.4 Å². The zero-order valence-electron chi connectivity index (χ0n) is 16.3. The quantitative estimate of drug-likeness (QED) is 0.648. The molecule has 1 saturated heterocycles. The number of nitrogens with zero attached hydrogens (tertiary/aromatic N) is 1. The van der Waals surface area contributed by atoms with E-state index >= 15 is 0 Å². The van der Waals surface area contributed by atoms with E-state index in [-0.39, 0.29) is 15.5 Å². The van der Waals surface area contributed by atoms with Gasteiger partial charge in [-0.05, 0) is 43.2 Å². The van der Waals surface area contributed by atoms with Crippen LogP contribution in [0, 0.1) is 0 Å². The number of nitrogens with one attached hydrogen (secondary N) is 1. The van der Waals surface area contributed by atoms with E-state index in [2.05, 4.69) is 5.32 Å². The Bertz CT molecular complexity index is 1050. The van der Waals surface area contributed by atoms with E-state index in [0.717, 1.165) is 12.8 Å². The van der Waals surface area contributed by atoms with Gasteiger partial charge >= 0.3 is 5.97 Å². The first-order chi connectivity index (χ1) is 14.3. The topological polar surface area (TPSA) is 102 Å². The second kappa shape index (κ2) is 9.46. The molecule has 8 nitrogen and oxygen atoms in total. The van der Waals surface area contributed by atoms with Crippen molar-refractivity contribution in [1.29, 1.82) is 0 Å². The number of para-hydroxylation sites is 2. The fraction of sp³-hybridized carbons (Fsp3) is 0.300. The average molecular weight is 453 g/mol. The normalized spacial score (nSPS) is 14.3. The van der Waals surface area contributed by atoms with Crippen LogP contribution in [-0.4, -0.2) is 51.4 Å². The van der Waals surface area contributed by atoms with Gasteiger partial charge in [0.05, 0.1) is 23.4 Å². The van der Waals surface area contributed by atoms with Crippen molar-refractivity contribution in [2.24, 2.45) is 0 Å². The van der Waals surface area contributed by atoms with Gasteiger partial charge in [0, 0.05) is 13.1 Å². The molecule has 0 bridgehead atoms. The summed E-state index contributed by atoms with van der Waals surface area (Å²) in [5, 5.41) is 2.61. The number of esters is 1. The first kappa shape index (κ1) is 22.1. The Morgan fingerprint density at radius 3 is 2.53 bits per heavy atom. The van der Waals surface area contributed by atoms with Crippen LogP contribution in [0.2, 0.25) is 5.02 Å². The number of amides is 1. The van der Waals surface area contributed by atoms with E-state index in [1.807, 2.05) is 0 Å². The SMILES string of the molecule is COc1ccccc1NC(=O)COC(=O)c1ccc(Cl)c(S(=O)(=O)N2CCCC2)c1. The number of rotatable bonds is 7. The third-order valence-electron chi connectivity index (χ3n) is 4.57. The smallest absolute Gasteiger partial charge is 0.338 e. The summed E-state index contributed by atoms with van der Waals surface area (Å²) in [6.45, 7) is 0.278. The Morgan fingerprint density at radius 2 is 1.83 bits per heavy atom. The van der Waals surface area contributed by atoms with Gasteiger partial charge in [0.1, 0.15) is 10.6 Å². The van der Waals surface area contributed by atoms with Gasteiger partial charge in [-0.2, -0.15) is 4.31 Å². The summed E-state index contributed by atoms with van der Waals surface area (Å²) in [7, 11) is -2.33. The number of methoxy groups -OCH3 is 1. The molecule has 30 heavy (non-hydrogen) atoms. The number of hydrogen-bond donors (Lipinski definition) is 1. The summed E-state index contributed by atoms with van der Waals surface area (Å²) < 4.78 is 37.1. The predicted molar refractivity (Wildman–Crippen MR) is 111 cm³/mol. The summed E-state index contributed by atoms with van der Waals surface area (Å²) in [4.78, 5) is 24.3. The molecule has 160 valence electrons. The van der Waals surface area contributed by atoms with Gasteiger partial charge in [0.2, 0.25) is 10.0 Å². The lowest BCUT2D eigenvalue weighted by Crippen LogP contribution is -2.28. The molecule has 10 heteroatoms. The molecule has 2 aromatic carbocycles. The van der Waals surface area contributed by atoms with Crippen molar-refractivity contribution >= 4 is 39.2 Å². The maximum Gasteiger partial charge on any atom is 0.338 e. The number of ether oxygens (including phenoxy) is 2. The van der Waals surface area contributed by atoms with E-state index in [1.165, 1.54) is 29.6 Å². The molecule has 0 radical (unpaired) electrons. The molecule has 0 saturated carbocycles. The largest absolute Gasteiger partial charge is 0.495 e. The van der Waals surface area contributed by atoms with Crippen LogP contribution in [0.25, 0.3) is 0 Å². The van der Waals surface area contributed by atoms with Crippen LogP contribution >= 0.6 is 11.6 Å². The maximum absolute atomic E-state index is 12.8. The summed E-state index contributed by atoms with van der Waals surface area (Å²) in [5.74, 6) is -0.932. The molecule has 1 N–H and O–H groups in total. The predicted octanol–water partition coefficient (Wildman–Crippen LogP) is 2.93. The summed E-state index contributed by atoms with van der Waals surface area (Å²) in [6.07, 6.45) is 1.56. The van der Waals surface area contributed by atoms with Gasteiger partial charge in [0.15, 0.2) is 6.61 Å². The minimum atomic E-state index is -3.80. The molecule has 0 aliphatic carbocycles. The highest BCUT2D eigenvalue weighted by molar-refractivity contribution is 7.89. The van der Waals surface area contributed by atoms with Gasteiger partial charge in [-0.25, -0.2) is 13.2 Å². The lowest BCUT2D eigenvalue weighted by atomic mass is 10.2. The van der Waals surface area contributed by atoms with Crippen molar-refractivity contribution in [3.63, 3.8) is 0 Å². The molecule has 1 fully saturated rings. The molecule has 0 aromatic heterocycles. The van der Waals surface area contributed by atoms with Crippen molar-refractivity contribution in [1.82, 2.24) is 4.31 Å². The van der Waals surface area contributed by atoms with E-state index < -0.39 is 28.5 Å². The average Bonchev–Trinajstić information content (AvgIpc) is 3.28. The highest BCUT2D eigenvalue weighted by atomic mass is 35.5. The van der Waals surface area contributed by atoms with Crippen molar-refractivity contribution in [2.45, 2.75) is 17.7 Å². The molecule has 1 aliphatic rings. The molecule has 0 spiro atoms. The number of anilines is 1. The highest BCUT2D eigenvalue weighted by Crippen LogP contribution is 2.28. The Kier molecular flexibility index (Phi) is 6.96. The Labute approximate surface area is 179 Å². The van der Waals surface area contributed by atoms with Crippen molar-refractivity contribution in [3.05, 3.63) is 53.1 Å². The van der Waals surface area contributed by atoms with Crippen LogP contribution < -0.4 is 10.1 Å². The lowest BCUT2D eigenvalue weighted by molar-refractivity contribution is -0.119. The van der Waals surface area contributed by atoms with Gasteiger partial charge in [-0.15, -0.1) is 0 Å². The molecule has 0 unspecified atom stereocenters. The van der Waals surface area contributed by atoms with Crippen LogP contribution in [0.4, 0.5) is 5.69 Å². The second-order valence-electron chi connectivity index (χ2n) is 6.58. The molecule has 2 aromatic rings. The van der Waals surface area contributed by atoms with E-state index in [0.29, 0.717) is 24.5 Å². The number of hydrogen-bond acceptors (Lipinski definition) is 6. The van der Waals surface area contributed by atoms with Gasteiger partial charge in [0.25, 0.3) is 5.91 Å². The number of carbonyl (C=O) groups excluding carboxylic acids is 2. The second-order valence-corrected chi connectivity index (χ2v) is 8.89. The van der Waals surface area contributed by atoms with Gasteiger partial charge in [-0.1, -0.05) is 23.7 Å². The van der Waals surface area contributed by atoms with Crippen molar-refractivity contribution in [2.75, 3.05) is 32.1 Å². The summed E-state index contributed by atoms with van der Waals surface area (Å²) >= 11 is 6.08. The molecule has 1 amide bonds. The zero-order chi connectivity index (χ0) is 21.7. The molecule has 1 aliphatic heterocycles. The first-order valence-corrected chi connectivity index (χ1v) is 11.0. The number of benzene rings is 2. The Balaban J connectivity index is 1.68. The summed E-state index contributed by atoms with van der Waals surface area (Å²) in [6, 6.07) is 10.7. The number of carbonyl (C=O) groups is 2. The zero-order valence-corrected chi connectivity index (χ0v) is 17.8. The fourth-order valence-corrected chi connectivity index (χ4v) is 5.06. The van der Waals surface area contributed by atoms with Gasteiger partial charge in [-0.3, -0.25) is 4.79 Å². The third-order valence-corrected chi connectivity index (χ3v) is 6.95. The first-order valence-electron chi connectivity index (χ1n) is 9.22. The molecule has 0 atom stereocenters. The van der Waals surface area contributed by atoms with Crippen molar-refractivity contribution < 1.29 is 27.5 Å². The van der Waals surface area contributed by atoms with E-state index in [1.54, 1.807) is 24.3 Å². The van der Waals surface area contributed by atoms with Crippen LogP contribution in [-0.2, 0) is 19.6 Å². The van der Waals surface area contributed by atoms with E-state index in [9.17, 15) is 18.0 Å². The summed E-state index contributed by atoms with van der Waals surface area (Å²) in [5.41, 5.74) is 0.425. The van der Waals surface area contributed by atoms with Crippen molar-refractivity contribution in [3.8, 4) is 5.75 Å². The molecular weight excluding hydrogens is 432 g/mol. The third kappa shape index (κ3) is 4.92. The van der Waals surface area contributed by atoms with Crippen LogP contribution in [0.3, 0.4) is 0 Å². The number of halogens is 1. The lowest BCUT2D eigenvalue weighted by Gasteiger charge is -2.17. The van der Waals surface area contributed by atoms with Crippen LogP contribution in [0.1, 0.15) is 23.2 Å². The molecule has 1 heterocycles. The minimum Gasteiger partial charge on any atom is -0.495 e. The van der Waals surface area contributed by atoms with E-state index in [4.69, 9.17) is 21.1 Å². The maximum atomic E-state index is 12.8. The fourth-order valence-electron chi connectivity index (χ4n) is 3.04. The molecular formula is C20H21ClN2O6S. The Morgan fingerprint density at radius 1 is 1.13 bits per heavy atom. The highest BCUT2D eigenvalue weighted by Gasteiger charge is 2.30. The molecule has 3 rings (SSSR count). The Hall–Kier alpha value is -2.62. The monoisotopic (exact) mass is 452 g/mol. The van der Waals surface area contributed by atoms with Gasteiger partial charge < -0.3 is 14.8 Å². The minimum absolute atomic E-state index is 0.0118. The standard InChI is InChI=1S/C20H21ClN2O6S/c1-28-17-7-3-2-6-16(17)22-19(24)13-29-20(25)14-8-9-15(21)18(12-14)30(26,27)23-10-4-5-11-23/h2-3,6-9,12H,4-5,10-11,13H2,1H3,(H,22,24). The number of sulfonamides is 1.